The third-order valence-corrected chi connectivity index (χ3v) is 4.36. The number of ether oxygens (including phenoxy) is 2. The van der Waals surface area contributed by atoms with Crippen LogP contribution in [0.5, 0.6) is 5.75 Å². The van der Waals surface area contributed by atoms with Crippen LogP contribution in [0, 0.1) is 0 Å². The van der Waals surface area contributed by atoms with Crippen molar-refractivity contribution in [2.45, 2.75) is 46.1 Å². The van der Waals surface area contributed by atoms with Crippen molar-refractivity contribution in [3.05, 3.63) is 54.1 Å². The summed E-state index contributed by atoms with van der Waals surface area (Å²) in [6.45, 7) is 5.47. The summed E-state index contributed by atoms with van der Waals surface area (Å²) in [6, 6.07) is 13.3. The van der Waals surface area contributed by atoms with Crippen molar-refractivity contribution in [2.75, 3.05) is 17.2 Å². The second-order valence-electron chi connectivity index (χ2n) is 7.18. The third kappa shape index (κ3) is 8.22. The Hall–Kier alpha value is -3.68. The van der Waals surface area contributed by atoms with Crippen molar-refractivity contribution in [3.63, 3.8) is 0 Å². The van der Waals surface area contributed by atoms with Crippen molar-refractivity contribution in [1.82, 2.24) is 0 Å². The summed E-state index contributed by atoms with van der Waals surface area (Å²) < 4.78 is 10.6. The largest absolute Gasteiger partial charge is 0.494 e. The standard InChI is InChI=1S/C24H28N2O6/c1-4-15-31-21-11-5-18(6-12-21)22(28)13-14-23(29)32-16(2)24(30)26-20-9-7-19(8-10-20)25-17(3)27/h5-12,16H,4,13-15H2,1-3H3,(H,25,27)(H,26,30)/t16-/m0/s1. The Morgan fingerprint density at radius 3 is 2.03 bits per heavy atom. The van der Waals surface area contributed by atoms with Crippen LogP contribution in [0.25, 0.3) is 0 Å². The molecule has 0 unspecified atom stereocenters. The molecule has 0 fully saturated rings. The maximum absolute atomic E-state index is 12.3. The van der Waals surface area contributed by atoms with Crippen LogP contribution >= 0.6 is 0 Å². The Kier molecular flexibility index (Phi) is 9.41. The number of rotatable bonds is 11. The van der Waals surface area contributed by atoms with Gasteiger partial charge in [-0.05, 0) is 61.9 Å². The van der Waals surface area contributed by atoms with Crippen LogP contribution in [0.2, 0.25) is 0 Å². The van der Waals surface area contributed by atoms with Crippen LogP contribution in [0.15, 0.2) is 48.5 Å². The van der Waals surface area contributed by atoms with E-state index >= 15 is 0 Å². The molecule has 32 heavy (non-hydrogen) atoms. The van der Waals surface area contributed by atoms with Gasteiger partial charge in [0, 0.05) is 30.3 Å². The number of Topliss-reactive ketones (excluding diaryl/α,β-unsaturated/α-hetero) is 1. The van der Waals surface area contributed by atoms with Gasteiger partial charge in [-0.1, -0.05) is 6.92 Å². The summed E-state index contributed by atoms with van der Waals surface area (Å²) in [7, 11) is 0. The molecule has 2 N–H and O–H groups in total. The highest BCUT2D eigenvalue weighted by molar-refractivity contribution is 5.98. The van der Waals surface area contributed by atoms with Crippen molar-refractivity contribution < 1.29 is 28.7 Å². The number of amides is 2. The number of nitrogens with one attached hydrogen (secondary N) is 2. The van der Waals surface area contributed by atoms with Crippen molar-refractivity contribution in [3.8, 4) is 5.75 Å². The zero-order chi connectivity index (χ0) is 23.5. The zero-order valence-corrected chi connectivity index (χ0v) is 18.5. The quantitative estimate of drug-likeness (QED) is 0.404. The van der Waals surface area contributed by atoms with Gasteiger partial charge < -0.3 is 20.1 Å². The minimum absolute atomic E-state index is 0.0209. The molecule has 0 saturated carbocycles. The van der Waals surface area contributed by atoms with Crippen molar-refractivity contribution in [1.29, 1.82) is 0 Å². The lowest BCUT2D eigenvalue weighted by atomic mass is 10.1. The molecule has 0 aliphatic carbocycles. The summed E-state index contributed by atoms with van der Waals surface area (Å²) in [6.07, 6.45) is -0.282. The fourth-order valence-corrected chi connectivity index (χ4v) is 2.71. The summed E-state index contributed by atoms with van der Waals surface area (Å²) in [5.41, 5.74) is 1.58. The SMILES string of the molecule is CCCOc1ccc(C(=O)CCC(=O)O[C@@H](C)C(=O)Nc2ccc(NC(C)=O)cc2)cc1. The Morgan fingerprint density at radius 1 is 0.875 bits per heavy atom. The molecule has 0 bridgehead atoms. The molecule has 1 atom stereocenters. The number of benzene rings is 2. The Labute approximate surface area is 187 Å². The van der Waals surface area contributed by atoms with E-state index < -0.39 is 18.0 Å². The second-order valence-corrected chi connectivity index (χ2v) is 7.18. The number of anilines is 2. The average molecular weight is 440 g/mol. The summed E-state index contributed by atoms with van der Waals surface area (Å²) in [5.74, 6) is -0.837. The van der Waals surface area contributed by atoms with Crippen LogP contribution in [0.1, 0.15) is 50.4 Å². The number of hydrogen-bond donors (Lipinski definition) is 2. The van der Waals surface area contributed by atoms with E-state index in [-0.39, 0.29) is 24.5 Å². The molecule has 0 saturated heterocycles. The van der Waals surface area contributed by atoms with Gasteiger partial charge in [-0.25, -0.2) is 0 Å². The number of carbonyl (C=O) groups is 4. The highest BCUT2D eigenvalue weighted by atomic mass is 16.5. The predicted molar refractivity (Wildman–Crippen MR) is 121 cm³/mol. The summed E-state index contributed by atoms with van der Waals surface area (Å²) in [4.78, 5) is 47.6. The van der Waals surface area contributed by atoms with Crippen LogP contribution in [-0.2, 0) is 19.1 Å². The fourth-order valence-electron chi connectivity index (χ4n) is 2.71. The first-order valence-electron chi connectivity index (χ1n) is 10.4. The van der Waals surface area contributed by atoms with E-state index in [0.29, 0.717) is 29.3 Å². The monoisotopic (exact) mass is 440 g/mol. The lowest BCUT2D eigenvalue weighted by Gasteiger charge is -2.14. The van der Waals surface area contributed by atoms with Gasteiger partial charge in [-0.3, -0.25) is 19.2 Å². The first-order valence-corrected chi connectivity index (χ1v) is 10.4. The molecule has 170 valence electrons. The molecule has 0 radical (unpaired) electrons. The first kappa shape index (κ1) is 24.6. The highest BCUT2D eigenvalue weighted by Gasteiger charge is 2.19. The second kappa shape index (κ2) is 12.2. The molecule has 0 aliphatic heterocycles. The predicted octanol–water partition coefficient (Wildman–Crippen LogP) is 3.97. The molecule has 8 heteroatoms. The molecule has 8 nitrogen and oxygen atoms in total. The van der Waals surface area contributed by atoms with Gasteiger partial charge in [-0.15, -0.1) is 0 Å². The van der Waals surface area contributed by atoms with E-state index in [2.05, 4.69) is 10.6 Å². The van der Waals surface area contributed by atoms with E-state index in [1.807, 2.05) is 6.92 Å². The molecule has 2 aromatic carbocycles. The number of carbonyl (C=O) groups excluding carboxylic acids is 4. The van der Waals surface area contributed by atoms with Crippen LogP contribution in [0.3, 0.4) is 0 Å². The maximum atomic E-state index is 12.3. The Bertz CT molecular complexity index is 938. The number of ketones is 1. The molecule has 0 spiro atoms. The van der Waals surface area contributed by atoms with Crippen LogP contribution in [-0.4, -0.2) is 36.3 Å². The lowest BCUT2D eigenvalue weighted by Crippen LogP contribution is -2.30. The molecule has 2 aromatic rings. The van der Waals surface area contributed by atoms with E-state index in [1.54, 1.807) is 48.5 Å². The Balaban J connectivity index is 1.77. The van der Waals surface area contributed by atoms with Gasteiger partial charge in [-0.2, -0.15) is 0 Å². The van der Waals surface area contributed by atoms with Gasteiger partial charge in [0.2, 0.25) is 5.91 Å². The molecule has 2 amide bonds. The molecular weight excluding hydrogens is 412 g/mol. The molecule has 0 heterocycles. The van der Waals surface area contributed by atoms with Crippen molar-refractivity contribution >= 4 is 34.9 Å². The number of hydrogen-bond acceptors (Lipinski definition) is 6. The van der Waals surface area contributed by atoms with Crippen LogP contribution < -0.4 is 15.4 Å². The van der Waals surface area contributed by atoms with E-state index in [0.717, 1.165) is 6.42 Å². The van der Waals surface area contributed by atoms with Crippen LogP contribution in [0.4, 0.5) is 11.4 Å². The van der Waals surface area contributed by atoms with E-state index in [9.17, 15) is 19.2 Å². The topological polar surface area (TPSA) is 111 Å². The highest BCUT2D eigenvalue weighted by Crippen LogP contribution is 2.16. The van der Waals surface area contributed by atoms with Gasteiger partial charge >= 0.3 is 5.97 Å². The third-order valence-electron chi connectivity index (χ3n) is 4.36. The smallest absolute Gasteiger partial charge is 0.307 e. The van der Waals surface area contributed by atoms with E-state index in [1.165, 1.54) is 13.8 Å². The molecule has 0 aromatic heterocycles. The Morgan fingerprint density at radius 2 is 1.47 bits per heavy atom. The number of esters is 1. The maximum Gasteiger partial charge on any atom is 0.307 e. The minimum Gasteiger partial charge on any atom is -0.494 e. The molecule has 2 rings (SSSR count). The lowest BCUT2D eigenvalue weighted by molar-refractivity contribution is -0.153. The molecular formula is C24H28N2O6. The van der Waals surface area contributed by atoms with Gasteiger partial charge in [0.1, 0.15) is 5.75 Å². The van der Waals surface area contributed by atoms with Gasteiger partial charge in [0.15, 0.2) is 11.9 Å². The van der Waals surface area contributed by atoms with Gasteiger partial charge in [0.05, 0.1) is 13.0 Å². The van der Waals surface area contributed by atoms with Gasteiger partial charge in [0.25, 0.3) is 5.91 Å². The summed E-state index contributed by atoms with van der Waals surface area (Å²) >= 11 is 0. The fraction of sp³-hybridized carbons (Fsp3) is 0.333. The average Bonchev–Trinajstić information content (AvgIpc) is 2.77. The zero-order valence-electron chi connectivity index (χ0n) is 18.5. The molecule has 0 aliphatic rings. The normalized spacial score (nSPS) is 11.2. The summed E-state index contributed by atoms with van der Waals surface area (Å²) in [5, 5.41) is 5.26. The first-order chi connectivity index (χ1) is 15.3. The minimum atomic E-state index is -1.03. The van der Waals surface area contributed by atoms with E-state index in [4.69, 9.17) is 9.47 Å². The van der Waals surface area contributed by atoms with Crippen molar-refractivity contribution in [2.24, 2.45) is 0 Å².